The fourth-order valence-electron chi connectivity index (χ4n) is 1.63. The Morgan fingerprint density at radius 2 is 2.11 bits per heavy atom. The van der Waals surface area contributed by atoms with E-state index in [2.05, 4.69) is 25.2 Å². The van der Waals surface area contributed by atoms with Gasteiger partial charge in [0.2, 0.25) is 11.9 Å². The Labute approximate surface area is 116 Å². The lowest BCUT2D eigenvalue weighted by molar-refractivity contribution is 0.122. The molecule has 0 saturated carbocycles. The molecule has 2 N–H and O–H groups in total. The molecule has 19 heavy (non-hydrogen) atoms. The summed E-state index contributed by atoms with van der Waals surface area (Å²) < 4.78 is 5.32. The van der Waals surface area contributed by atoms with Crippen molar-refractivity contribution in [3.8, 4) is 0 Å². The highest BCUT2D eigenvalue weighted by molar-refractivity contribution is 7.99. The van der Waals surface area contributed by atoms with Gasteiger partial charge in [-0.1, -0.05) is 18.7 Å². The van der Waals surface area contributed by atoms with E-state index >= 15 is 0 Å². The average Bonchev–Trinajstić information content (AvgIpc) is 2.47. The Bertz CT molecular complexity index is 414. The molecule has 1 fully saturated rings. The summed E-state index contributed by atoms with van der Waals surface area (Å²) in [5, 5.41) is 12.7. The summed E-state index contributed by atoms with van der Waals surface area (Å²) in [5.74, 6) is 1.21. The zero-order chi connectivity index (χ0) is 13.7. The second kappa shape index (κ2) is 6.88. The third-order valence-corrected chi connectivity index (χ3v) is 3.63. The average molecular weight is 285 g/mol. The van der Waals surface area contributed by atoms with Crippen LogP contribution in [0.25, 0.3) is 0 Å². The summed E-state index contributed by atoms with van der Waals surface area (Å²) in [6, 6.07) is 0. The number of anilines is 2. The van der Waals surface area contributed by atoms with Crippen LogP contribution in [0, 0.1) is 0 Å². The fraction of sp³-hybridized carbons (Fsp3) is 0.727. The lowest BCUT2D eigenvalue weighted by Gasteiger charge is -2.27. The Kier molecular flexibility index (Phi) is 5.17. The van der Waals surface area contributed by atoms with Crippen molar-refractivity contribution in [3.05, 3.63) is 0 Å². The molecular formula is C11H19N5O2S. The number of aliphatic hydroxyl groups excluding tert-OH is 1. The van der Waals surface area contributed by atoms with Crippen LogP contribution in [0.4, 0.5) is 11.9 Å². The second-order valence-electron chi connectivity index (χ2n) is 4.20. The van der Waals surface area contributed by atoms with Crippen LogP contribution in [0.5, 0.6) is 0 Å². The number of ether oxygens (including phenoxy) is 1. The van der Waals surface area contributed by atoms with Gasteiger partial charge in [-0.2, -0.15) is 15.0 Å². The highest BCUT2D eigenvalue weighted by Crippen LogP contribution is 2.22. The topological polar surface area (TPSA) is 83.4 Å². The number of nitrogens with zero attached hydrogens (tertiary/aromatic N) is 4. The van der Waals surface area contributed by atoms with E-state index < -0.39 is 0 Å². The summed E-state index contributed by atoms with van der Waals surface area (Å²) >= 11 is 1.44. The fourth-order valence-corrected chi connectivity index (χ4v) is 2.34. The van der Waals surface area contributed by atoms with Crippen LogP contribution in [-0.4, -0.2) is 65.3 Å². The lowest BCUT2D eigenvalue weighted by Crippen LogP contribution is -2.37. The van der Waals surface area contributed by atoms with Crippen molar-refractivity contribution >= 4 is 23.7 Å². The molecule has 1 saturated heterocycles. The van der Waals surface area contributed by atoms with Crippen LogP contribution >= 0.6 is 11.8 Å². The van der Waals surface area contributed by atoms with E-state index in [-0.39, 0.29) is 11.9 Å². The van der Waals surface area contributed by atoms with E-state index in [1.54, 1.807) is 7.05 Å². The minimum Gasteiger partial charge on any atom is -0.395 e. The Morgan fingerprint density at radius 1 is 1.37 bits per heavy atom. The van der Waals surface area contributed by atoms with Crippen molar-refractivity contribution in [2.75, 3.05) is 50.2 Å². The maximum atomic E-state index is 9.11. The molecule has 7 nitrogen and oxygen atoms in total. The Morgan fingerprint density at radius 3 is 2.74 bits per heavy atom. The van der Waals surface area contributed by atoms with Gasteiger partial charge in [0.15, 0.2) is 5.16 Å². The van der Waals surface area contributed by atoms with Gasteiger partial charge in [-0.05, 0) is 0 Å². The number of rotatable bonds is 5. The molecule has 0 aromatic carbocycles. The van der Waals surface area contributed by atoms with Gasteiger partial charge in [0.05, 0.1) is 19.8 Å². The predicted molar refractivity (Wildman–Crippen MR) is 74.8 cm³/mol. The van der Waals surface area contributed by atoms with Crippen molar-refractivity contribution in [1.82, 2.24) is 15.0 Å². The number of aliphatic hydroxyl groups is 1. The SMILES string of the molecule is CNc1nc(SC(C)CO)nc(N2CCOCC2)n1. The zero-order valence-electron chi connectivity index (χ0n) is 11.2. The standard InChI is InChI=1S/C11H19N5O2S/c1-8(7-17)19-11-14-9(12-2)13-10(15-11)16-3-5-18-6-4-16/h8,17H,3-7H2,1-2H3,(H,12,13,14,15). The van der Waals surface area contributed by atoms with Gasteiger partial charge in [0, 0.05) is 25.4 Å². The normalized spacial score (nSPS) is 17.3. The molecular weight excluding hydrogens is 266 g/mol. The molecule has 106 valence electrons. The van der Waals surface area contributed by atoms with Crippen LogP contribution in [0.3, 0.4) is 0 Å². The van der Waals surface area contributed by atoms with Crippen molar-refractivity contribution in [3.63, 3.8) is 0 Å². The van der Waals surface area contributed by atoms with Crippen molar-refractivity contribution in [2.45, 2.75) is 17.3 Å². The summed E-state index contributed by atoms with van der Waals surface area (Å²) in [6.07, 6.45) is 0. The van der Waals surface area contributed by atoms with Crippen LogP contribution in [-0.2, 0) is 4.74 Å². The molecule has 1 aliphatic heterocycles. The molecule has 0 spiro atoms. The molecule has 8 heteroatoms. The van der Waals surface area contributed by atoms with Gasteiger partial charge in [0.1, 0.15) is 0 Å². The van der Waals surface area contributed by atoms with Gasteiger partial charge in [-0.15, -0.1) is 0 Å². The van der Waals surface area contributed by atoms with Crippen LogP contribution in [0.15, 0.2) is 5.16 Å². The Hall–Kier alpha value is -1.12. The maximum Gasteiger partial charge on any atom is 0.231 e. The summed E-state index contributed by atoms with van der Waals surface area (Å²) in [7, 11) is 1.78. The van der Waals surface area contributed by atoms with Gasteiger partial charge >= 0.3 is 0 Å². The van der Waals surface area contributed by atoms with Gasteiger partial charge in [-0.3, -0.25) is 0 Å². The van der Waals surface area contributed by atoms with E-state index in [0.717, 1.165) is 13.1 Å². The Balaban J connectivity index is 2.19. The number of morpholine rings is 1. The van der Waals surface area contributed by atoms with Gasteiger partial charge in [-0.25, -0.2) is 0 Å². The first kappa shape index (κ1) is 14.3. The summed E-state index contributed by atoms with van der Waals surface area (Å²) in [6.45, 7) is 4.98. The predicted octanol–water partition coefficient (Wildman–Crippen LogP) is 0.223. The number of nitrogens with one attached hydrogen (secondary N) is 1. The molecule has 0 aliphatic carbocycles. The number of thioether (sulfide) groups is 1. The van der Waals surface area contributed by atoms with E-state index in [9.17, 15) is 0 Å². The first-order valence-corrected chi connectivity index (χ1v) is 7.15. The van der Waals surface area contributed by atoms with Crippen LogP contribution in [0.2, 0.25) is 0 Å². The number of aromatic nitrogens is 3. The van der Waals surface area contributed by atoms with Crippen molar-refractivity contribution in [1.29, 1.82) is 0 Å². The molecule has 2 heterocycles. The highest BCUT2D eigenvalue weighted by Gasteiger charge is 2.17. The van der Waals surface area contributed by atoms with E-state index in [4.69, 9.17) is 9.84 Å². The third-order valence-electron chi connectivity index (χ3n) is 2.68. The van der Waals surface area contributed by atoms with E-state index in [1.165, 1.54) is 11.8 Å². The van der Waals surface area contributed by atoms with Crippen molar-refractivity contribution < 1.29 is 9.84 Å². The molecule has 1 aromatic heterocycles. The second-order valence-corrected chi connectivity index (χ2v) is 5.61. The molecule has 2 rings (SSSR count). The minimum atomic E-state index is 0.0599. The monoisotopic (exact) mass is 285 g/mol. The smallest absolute Gasteiger partial charge is 0.231 e. The molecule has 1 aliphatic rings. The van der Waals surface area contributed by atoms with Gasteiger partial charge < -0.3 is 20.1 Å². The minimum absolute atomic E-state index is 0.0599. The van der Waals surface area contributed by atoms with Crippen LogP contribution < -0.4 is 10.2 Å². The largest absolute Gasteiger partial charge is 0.395 e. The maximum absolute atomic E-state index is 9.11. The van der Waals surface area contributed by atoms with E-state index in [0.29, 0.717) is 30.3 Å². The lowest BCUT2D eigenvalue weighted by atomic mass is 10.4. The molecule has 1 unspecified atom stereocenters. The first-order chi connectivity index (χ1) is 9.22. The first-order valence-electron chi connectivity index (χ1n) is 6.27. The van der Waals surface area contributed by atoms with Crippen molar-refractivity contribution in [2.24, 2.45) is 0 Å². The van der Waals surface area contributed by atoms with Crippen LogP contribution in [0.1, 0.15) is 6.92 Å². The molecule has 0 radical (unpaired) electrons. The summed E-state index contributed by atoms with van der Waals surface area (Å²) in [4.78, 5) is 15.2. The molecule has 0 bridgehead atoms. The molecule has 1 atom stereocenters. The summed E-state index contributed by atoms with van der Waals surface area (Å²) in [5.41, 5.74) is 0. The third kappa shape index (κ3) is 3.92. The quantitative estimate of drug-likeness (QED) is 0.744. The van der Waals surface area contributed by atoms with Gasteiger partial charge in [0.25, 0.3) is 0 Å². The highest BCUT2D eigenvalue weighted by atomic mass is 32.2. The van der Waals surface area contributed by atoms with E-state index in [1.807, 2.05) is 6.92 Å². The molecule has 0 amide bonds. The molecule has 1 aromatic rings. The number of hydrogen-bond donors (Lipinski definition) is 2. The zero-order valence-corrected chi connectivity index (χ0v) is 12.0. The number of hydrogen-bond acceptors (Lipinski definition) is 8.